The third-order valence-electron chi connectivity index (χ3n) is 3.26. The molecule has 2 rings (SSSR count). The molecule has 0 saturated carbocycles. The summed E-state index contributed by atoms with van der Waals surface area (Å²) in [6.07, 6.45) is 0. The topological polar surface area (TPSA) is 26.0 Å². The molecule has 0 aliphatic rings. The van der Waals surface area contributed by atoms with Gasteiger partial charge in [-0.1, -0.05) is 43.8 Å². The number of benzene rings is 2. The maximum absolute atomic E-state index is 14.0. The molecule has 2 aromatic rings. The summed E-state index contributed by atoms with van der Waals surface area (Å²) in [5, 5.41) is 0. The van der Waals surface area contributed by atoms with Crippen LogP contribution in [-0.4, -0.2) is 0 Å². The van der Waals surface area contributed by atoms with Gasteiger partial charge in [0, 0.05) is 15.8 Å². The summed E-state index contributed by atoms with van der Waals surface area (Å²) >= 11 is 1.44. The lowest BCUT2D eigenvalue weighted by Crippen LogP contribution is -2.05. The molecule has 2 aromatic carbocycles. The smallest absolute Gasteiger partial charge is 0.137 e. The Kier molecular flexibility index (Phi) is 4.84. The van der Waals surface area contributed by atoms with Gasteiger partial charge in [-0.3, -0.25) is 0 Å². The standard InChI is InChI=1S/C17H20FNS/c1-11(2)13-4-7-15(8-5-13)20-17-9-6-14(12(3)19)10-16(17)18/h4-12H,19H2,1-3H3. The molecular weight excluding hydrogens is 269 g/mol. The highest BCUT2D eigenvalue weighted by atomic mass is 32.2. The Morgan fingerprint density at radius 2 is 1.55 bits per heavy atom. The van der Waals surface area contributed by atoms with Crippen LogP contribution in [0.3, 0.4) is 0 Å². The summed E-state index contributed by atoms with van der Waals surface area (Å²) in [6, 6.07) is 13.3. The highest BCUT2D eigenvalue weighted by Crippen LogP contribution is 2.31. The van der Waals surface area contributed by atoms with Crippen molar-refractivity contribution in [3.63, 3.8) is 0 Å². The molecule has 0 heterocycles. The van der Waals surface area contributed by atoms with Crippen LogP contribution >= 0.6 is 11.8 Å². The van der Waals surface area contributed by atoms with E-state index in [-0.39, 0.29) is 11.9 Å². The maximum Gasteiger partial charge on any atom is 0.137 e. The Bertz CT molecular complexity index is 576. The van der Waals surface area contributed by atoms with Crippen LogP contribution in [0.5, 0.6) is 0 Å². The molecule has 0 fully saturated rings. The second-order valence-corrected chi connectivity index (χ2v) is 6.42. The van der Waals surface area contributed by atoms with E-state index in [2.05, 4.69) is 26.0 Å². The van der Waals surface area contributed by atoms with Crippen molar-refractivity contribution in [2.45, 2.75) is 42.5 Å². The zero-order chi connectivity index (χ0) is 14.7. The Morgan fingerprint density at radius 3 is 2.05 bits per heavy atom. The average Bonchev–Trinajstić information content (AvgIpc) is 2.41. The van der Waals surface area contributed by atoms with Crippen LogP contribution in [0.1, 0.15) is 43.9 Å². The van der Waals surface area contributed by atoms with Gasteiger partial charge in [0.1, 0.15) is 5.82 Å². The van der Waals surface area contributed by atoms with Crippen molar-refractivity contribution in [3.8, 4) is 0 Å². The second-order valence-electron chi connectivity index (χ2n) is 5.30. The number of halogens is 1. The molecule has 0 aliphatic heterocycles. The van der Waals surface area contributed by atoms with E-state index >= 15 is 0 Å². The molecule has 106 valence electrons. The van der Waals surface area contributed by atoms with Gasteiger partial charge in [0.2, 0.25) is 0 Å². The van der Waals surface area contributed by atoms with Gasteiger partial charge in [-0.15, -0.1) is 0 Å². The van der Waals surface area contributed by atoms with Gasteiger partial charge in [-0.05, 0) is 48.2 Å². The lowest BCUT2D eigenvalue weighted by molar-refractivity contribution is 0.596. The monoisotopic (exact) mass is 289 g/mol. The van der Waals surface area contributed by atoms with E-state index < -0.39 is 0 Å². The number of hydrogen-bond acceptors (Lipinski definition) is 2. The molecule has 1 nitrogen and oxygen atoms in total. The van der Waals surface area contributed by atoms with E-state index in [0.29, 0.717) is 10.8 Å². The Balaban J connectivity index is 2.17. The first-order valence-corrected chi connectivity index (χ1v) is 7.62. The Morgan fingerprint density at radius 1 is 0.950 bits per heavy atom. The third-order valence-corrected chi connectivity index (χ3v) is 4.32. The molecule has 2 N–H and O–H groups in total. The first-order valence-electron chi connectivity index (χ1n) is 6.80. The molecule has 1 unspecified atom stereocenters. The van der Waals surface area contributed by atoms with Crippen LogP contribution in [0.2, 0.25) is 0 Å². The fourth-order valence-electron chi connectivity index (χ4n) is 1.93. The second kappa shape index (κ2) is 6.42. The van der Waals surface area contributed by atoms with Gasteiger partial charge >= 0.3 is 0 Å². The largest absolute Gasteiger partial charge is 0.324 e. The summed E-state index contributed by atoms with van der Waals surface area (Å²) in [7, 11) is 0. The summed E-state index contributed by atoms with van der Waals surface area (Å²) in [5.74, 6) is 0.300. The quantitative estimate of drug-likeness (QED) is 0.845. The lowest BCUT2D eigenvalue weighted by Gasteiger charge is -2.09. The molecule has 20 heavy (non-hydrogen) atoms. The van der Waals surface area contributed by atoms with Crippen LogP contribution in [0.4, 0.5) is 4.39 Å². The molecule has 0 aliphatic carbocycles. The van der Waals surface area contributed by atoms with Crippen molar-refractivity contribution in [2.24, 2.45) is 5.73 Å². The summed E-state index contributed by atoms with van der Waals surface area (Å²) < 4.78 is 14.0. The number of hydrogen-bond donors (Lipinski definition) is 1. The molecule has 1 atom stereocenters. The first kappa shape index (κ1) is 15.1. The van der Waals surface area contributed by atoms with Crippen molar-refractivity contribution in [3.05, 3.63) is 59.4 Å². The van der Waals surface area contributed by atoms with Gasteiger partial charge in [0.15, 0.2) is 0 Å². The SMILES string of the molecule is CC(C)c1ccc(Sc2ccc(C(C)N)cc2F)cc1. The molecule has 0 spiro atoms. The fourth-order valence-corrected chi connectivity index (χ4v) is 2.75. The minimum absolute atomic E-state index is 0.145. The molecule has 0 bridgehead atoms. The van der Waals surface area contributed by atoms with Crippen LogP contribution < -0.4 is 5.73 Å². The third kappa shape index (κ3) is 3.62. The van der Waals surface area contributed by atoms with E-state index in [9.17, 15) is 4.39 Å². The summed E-state index contributed by atoms with van der Waals surface area (Å²) in [6.45, 7) is 6.18. The van der Waals surface area contributed by atoms with Gasteiger partial charge in [0.25, 0.3) is 0 Å². The number of rotatable bonds is 4. The van der Waals surface area contributed by atoms with Crippen LogP contribution in [0.15, 0.2) is 52.3 Å². The zero-order valence-corrected chi connectivity index (χ0v) is 12.9. The highest BCUT2D eigenvalue weighted by Gasteiger charge is 2.08. The van der Waals surface area contributed by atoms with E-state index in [1.165, 1.54) is 23.4 Å². The van der Waals surface area contributed by atoms with E-state index in [4.69, 9.17) is 5.73 Å². The fraction of sp³-hybridized carbons (Fsp3) is 0.294. The van der Waals surface area contributed by atoms with E-state index in [1.807, 2.05) is 25.1 Å². The van der Waals surface area contributed by atoms with E-state index in [0.717, 1.165) is 10.5 Å². The van der Waals surface area contributed by atoms with Crippen molar-refractivity contribution in [1.29, 1.82) is 0 Å². The first-order chi connectivity index (χ1) is 9.47. The van der Waals surface area contributed by atoms with Crippen LogP contribution in [-0.2, 0) is 0 Å². The minimum Gasteiger partial charge on any atom is -0.324 e. The normalized spacial score (nSPS) is 12.7. The molecule has 0 saturated heterocycles. The summed E-state index contributed by atoms with van der Waals surface area (Å²) in [5.41, 5.74) is 7.87. The zero-order valence-electron chi connectivity index (χ0n) is 12.1. The number of nitrogens with two attached hydrogens (primary N) is 1. The average molecular weight is 289 g/mol. The molecular formula is C17H20FNS. The summed E-state index contributed by atoms with van der Waals surface area (Å²) in [4.78, 5) is 1.67. The Hall–Kier alpha value is -1.32. The van der Waals surface area contributed by atoms with Crippen molar-refractivity contribution < 1.29 is 4.39 Å². The van der Waals surface area contributed by atoms with Crippen molar-refractivity contribution in [1.82, 2.24) is 0 Å². The van der Waals surface area contributed by atoms with Crippen LogP contribution in [0.25, 0.3) is 0 Å². The van der Waals surface area contributed by atoms with Crippen LogP contribution in [0, 0.1) is 5.82 Å². The van der Waals surface area contributed by atoms with Crippen molar-refractivity contribution in [2.75, 3.05) is 0 Å². The van der Waals surface area contributed by atoms with Gasteiger partial charge in [-0.25, -0.2) is 4.39 Å². The predicted octanol–water partition coefficient (Wildman–Crippen LogP) is 5.12. The van der Waals surface area contributed by atoms with Gasteiger partial charge in [0.05, 0.1) is 0 Å². The molecule has 0 aromatic heterocycles. The Labute approximate surface area is 124 Å². The van der Waals surface area contributed by atoms with Crippen molar-refractivity contribution >= 4 is 11.8 Å². The molecule has 3 heteroatoms. The highest BCUT2D eigenvalue weighted by molar-refractivity contribution is 7.99. The molecule has 0 radical (unpaired) electrons. The minimum atomic E-state index is -0.210. The van der Waals surface area contributed by atoms with E-state index in [1.54, 1.807) is 6.07 Å². The van der Waals surface area contributed by atoms with Gasteiger partial charge in [-0.2, -0.15) is 0 Å². The predicted molar refractivity (Wildman–Crippen MR) is 83.7 cm³/mol. The molecule has 0 amide bonds. The van der Waals surface area contributed by atoms with Gasteiger partial charge < -0.3 is 5.73 Å². The maximum atomic E-state index is 14.0. The lowest BCUT2D eigenvalue weighted by atomic mass is 10.0.